The van der Waals surface area contributed by atoms with Gasteiger partial charge < -0.3 is 5.73 Å². The van der Waals surface area contributed by atoms with Crippen molar-refractivity contribution in [3.05, 3.63) is 42.2 Å². The molecule has 0 spiro atoms. The molecule has 1 heterocycles. The van der Waals surface area contributed by atoms with E-state index in [4.69, 9.17) is 5.73 Å². The van der Waals surface area contributed by atoms with E-state index in [1.807, 2.05) is 10.9 Å². The normalized spacial score (nSPS) is 10.5. The van der Waals surface area contributed by atoms with Crippen molar-refractivity contribution in [2.45, 2.75) is 26.8 Å². The molecule has 0 atom stereocenters. The van der Waals surface area contributed by atoms with Crippen LogP contribution in [0.5, 0.6) is 0 Å². The van der Waals surface area contributed by atoms with E-state index in [0.717, 1.165) is 13.0 Å². The van der Waals surface area contributed by atoms with Crippen LogP contribution in [-0.4, -0.2) is 16.3 Å². The molecule has 0 fully saturated rings. The molecule has 0 aliphatic carbocycles. The second-order valence-corrected chi connectivity index (χ2v) is 5.08. The zero-order valence-electron chi connectivity index (χ0n) is 11.5. The standard InChI is InChI=1S/C15H21N3.ClH/c1-12(2)10-18-11-15(9-17-18)14-5-3-13(4-6-14)7-8-16;/h3-6,9,11-12H,7-8,10,16H2,1-2H3;1H. The zero-order chi connectivity index (χ0) is 13.0. The number of hydrogen-bond acceptors (Lipinski definition) is 2. The molecule has 0 saturated heterocycles. The van der Waals surface area contributed by atoms with E-state index in [0.29, 0.717) is 12.5 Å². The molecule has 0 unspecified atom stereocenters. The van der Waals surface area contributed by atoms with Crippen molar-refractivity contribution in [3.63, 3.8) is 0 Å². The Hall–Kier alpha value is -1.32. The van der Waals surface area contributed by atoms with Crippen LogP contribution in [0, 0.1) is 5.92 Å². The Bertz CT molecular complexity index is 488. The van der Waals surface area contributed by atoms with Crippen molar-refractivity contribution < 1.29 is 0 Å². The van der Waals surface area contributed by atoms with E-state index >= 15 is 0 Å². The monoisotopic (exact) mass is 279 g/mol. The van der Waals surface area contributed by atoms with E-state index < -0.39 is 0 Å². The van der Waals surface area contributed by atoms with Gasteiger partial charge >= 0.3 is 0 Å². The van der Waals surface area contributed by atoms with Crippen LogP contribution in [0.25, 0.3) is 11.1 Å². The van der Waals surface area contributed by atoms with Gasteiger partial charge in [0.1, 0.15) is 0 Å². The minimum absolute atomic E-state index is 0. The Morgan fingerprint density at radius 3 is 2.42 bits per heavy atom. The molecule has 0 saturated carbocycles. The predicted octanol–water partition coefficient (Wildman–Crippen LogP) is 3.13. The first kappa shape index (κ1) is 15.7. The van der Waals surface area contributed by atoms with Crippen LogP contribution in [-0.2, 0) is 13.0 Å². The minimum Gasteiger partial charge on any atom is -0.330 e. The fourth-order valence-corrected chi connectivity index (χ4v) is 2.02. The second kappa shape index (κ2) is 7.31. The highest BCUT2D eigenvalue weighted by Gasteiger charge is 2.03. The van der Waals surface area contributed by atoms with Gasteiger partial charge in [-0.05, 0) is 30.0 Å². The summed E-state index contributed by atoms with van der Waals surface area (Å²) >= 11 is 0. The predicted molar refractivity (Wildman–Crippen MR) is 82.5 cm³/mol. The number of halogens is 1. The molecule has 1 aromatic carbocycles. The van der Waals surface area contributed by atoms with Crippen molar-refractivity contribution >= 4 is 12.4 Å². The lowest BCUT2D eigenvalue weighted by atomic mass is 10.1. The maximum absolute atomic E-state index is 5.55. The van der Waals surface area contributed by atoms with Crippen LogP contribution >= 0.6 is 12.4 Å². The highest BCUT2D eigenvalue weighted by Crippen LogP contribution is 2.19. The molecule has 4 heteroatoms. The topological polar surface area (TPSA) is 43.8 Å². The minimum atomic E-state index is 0. The smallest absolute Gasteiger partial charge is 0.0568 e. The van der Waals surface area contributed by atoms with Crippen molar-refractivity contribution in [2.75, 3.05) is 6.54 Å². The number of hydrogen-bond donors (Lipinski definition) is 1. The molecule has 2 N–H and O–H groups in total. The average Bonchev–Trinajstić information content (AvgIpc) is 2.78. The van der Waals surface area contributed by atoms with Crippen molar-refractivity contribution in [2.24, 2.45) is 11.7 Å². The van der Waals surface area contributed by atoms with E-state index in [9.17, 15) is 0 Å². The molecular weight excluding hydrogens is 258 g/mol. The summed E-state index contributed by atoms with van der Waals surface area (Å²) in [6.07, 6.45) is 4.98. The van der Waals surface area contributed by atoms with Gasteiger partial charge in [-0.15, -0.1) is 12.4 Å². The number of nitrogens with zero attached hydrogens (tertiary/aromatic N) is 2. The van der Waals surface area contributed by atoms with Gasteiger partial charge in [-0.2, -0.15) is 5.10 Å². The van der Waals surface area contributed by atoms with Gasteiger partial charge in [0.25, 0.3) is 0 Å². The summed E-state index contributed by atoms with van der Waals surface area (Å²) in [6, 6.07) is 8.56. The van der Waals surface area contributed by atoms with Crippen LogP contribution in [0.4, 0.5) is 0 Å². The largest absolute Gasteiger partial charge is 0.330 e. The number of benzene rings is 1. The summed E-state index contributed by atoms with van der Waals surface area (Å²) in [5.74, 6) is 0.615. The van der Waals surface area contributed by atoms with Crippen LogP contribution < -0.4 is 5.73 Å². The van der Waals surface area contributed by atoms with Gasteiger partial charge in [0.2, 0.25) is 0 Å². The summed E-state index contributed by atoms with van der Waals surface area (Å²) in [6.45, 7) is 6.06. The molecule has 0 radical (unpaired) electrons. The molecule has 19 heavy (non-hydrogen) atoms. The lowest BCUT2D eigenvalue weighted by molar-refractivity contribution is 0.483. The van der Waals surface area contributed by atoms with Crippen LogP contribution in [0.3, 0.4) is 0 Å². The summed E-state index contributed by atoms with van der Waals surface area (Å²) < 4.78 is 2.01. The second-order valence-electron chi connectivity index (χ2n) is 5.08. The molecule has 2 aromatic rings. The zero-order valence-corrected chi connectivity index (χ0v) is 12.4. The summed E-state index contributed by atoms with van der Waals surface area (Å²) in [4.78, 5) is 0. The van der Waals surface area contributed by atoms with Crippen LogP contribution in [0.15, 0.2) is 36.7 Å². The number of rotatable bonds is 5. The van der Waals surface area contributed by atoms with E-state index in [1.165, 1.54) is 16.7 Å². The third kappa shape index (κ3) is 4.37. The SMILES string of the molecule is CC(C)Cn1cc(-c2ccc(CCN)cc2)cn1.Cl. The Morgan fingerprint density at radius 1 is 1.16 bits per heavy atom. The van der Waals surface area contributed by atoms with Crippen molar-refractivity contribution in [3.8, 4) is 11.1 Å². The lowest BCUT2D eigenvalue weighted by Crippen LogP contribution is -2.04. The fourth-order valence-electron chi connectivity index (χ4n) is 2.02. The fraction of sp³-hybridized carbons (Fsp3) is 0.400. The van der Waals surface area contributed by atoms with Crippen molar-refractivity contribution in [1.29, 1.82) is 0 Å². The molecule has 3 nitrogen and oxygen atoms in total. The Labute approximate surface area is 121 Å². The first-order valence-corrected chi connectivity index (χ1v) is 6.51. The maximum Gasteiger partial charge on any atom is 0.0568 e. The summed E-state index contributed by atoms with van der Waals surface area (Å²) in [5, 5.41) is 4.39. The number of nitrogens with two attached hydrogens (primary N) is 1. The first-order valence-electron chi connectivity index (χ1n) is 6.51. The van der Waals surface area contributed by atoms with E-state index in [-0.39, 0.29) is 12.4 Å². The van der Waals surface area contributed by atoms with Crippen LogP contribution in [0.2, 0.25) is 0 Å². The average molecular weight is 280 g/mol. The van der Waals surface area contributed by atoms with Crippen LogP contribution in [0.1, 0.15) is 19.4 Å². The van der Waals surface area contributed by atoms with E-state index in [2.05, 4.69) is 49.4 Å². The lowest BCUT2D eigenvalue weighted by Gasteiger charge is -2.04. The Balaban J connectivity index is 0.00000180. The van der Waals surface area contributed by atoms with Gasteiger partial charge in [0.05, 0.1) is 6.20 Å². The van der Waals surface area contributed by atoms with Crippen molar-refractivity contribution in [1.82, 2.24) is 9.78 Å². The summed E-state index contributed by atoms with van der Waals surface area (Å²) in [5.41, 5.74) is 9.22. The molecule has 0 aliphatic heterocycles. The quantitative estimate of drug-likeness (QED) is 0.914. The van der Waals surface area contributed by atoms with E-state index in [1.54, 1.807) is 0 Å². The van der Waals surface area contributed by atoms with Gasteiger partial charge in [-0.3, -0.25) is 4.68 Å². The third-order valence-electron chi connectivity index (χ3n) is 2.91. The molecule has 0 aliphatic rings. The molecule has 1 aromatic heterocycles. The molecule has 104 valence electrons. The molecule has 2 rings (SSSR count). The first-order chi connectivity index (χ1) is 8.69. The Kier molecular flexibility index (Phi) is 6.06. The van der Waals surface area contributed by atoms with Gasteiger partial charge in [0.15, 0.2) is 0 Å². The highest BCUT2D eigenvalue weighted by molar-refractivity contribution is 5.85. The van der Waals surface area contributed by atoms with Gasteiger partial charge in [0, 0.05) is 18.3 Å². The van der Waals surface area contributed by atoms with Gasteiger partial charge in [-0.25, -0.2) is 0 Å². The highest BCUT2D eigenvalue weighted by atomic mass is 35.5. The summed E-state index contributed by atoms with van der Waals surface area (Å²) in [7, 11) is 0. The van der Waals surface area contributed by atoms with Gasteiger partial charge in [-0.1, -0.05) is 38.1 Å². The molecular formula is C15H22ClN3. The Morgan fingerprint density at radius 2 is 1.84 bits per heavy atom. The molecule has 0 amide bonds. The third-order valence-corrected chi connectivity index (χ3v) is 2.91. The maximum atomic E-state index is 5.55. The molecule has 0 bridgehead atoms. The number of aromatic nitrogens is 2.